The normalized spacial score (nSPS) is 10.9. The summed E-state index contributed by atoms with van der Waals surface area (Å²) in [5, 5.41) is 3.54. The monoisotopic (exact) mass is 303 g/mol. The summed E-state index contributed by atoms with van der Waals surface area (Å²) < 4.78 is 0. The van der Waals surface area contributed by atoms with Gasteiger partial charge in [0.05, 0.1) is 5.69 Å². The standard InChI is InChI=1S/C16H21N3OS/c1-11(2)15-14(12-7-4-3-5-8-12)19-16(21-15)18-13(20)9-6-10-17/h3-5,7-8,11H,6,9-10,17H2,1-2H3,(H,18,19,20). The first kappa shape index (κ1) is 15.7. The highest BCUT2D eigenvalue weighted by Gasteiger charge is 2.16. The Hall–Kier alpha value is -1.72. The van der Waals surface area contributed by atoms with Crippen molar-refractivity contribution in [2.45, 2.75) is 32.6 Å². The lowest BCUT2D eigenvalue weighted by Crippen LogP contribution is -2.13. The van der Waals surface area contributed by atoms with Gasteiger partial charge in [-0.25, -0.2) is 4.98 Å². The fourth-order valence-corrected chi connectivity index (χ4v) is 3.03. The summed E-state index contributed by atoms with van der Waals surface area (Å²) in [6.45, 7) is 4.80. The van der Waals surface area contributed by atoms with Crippen LogP contribution in [0.15, 0.2) is 30.3 Å². The second-order valence-corrected chi connectivity index (χ2v) is 6.22. The number of hydrogen-bond acceptors (Lipinski definition) is 4. The van der Waals surface area contributed by atoms with Gasteiger partial charge in [-0.15, -0.1) is 11.3 Å². The Labute approximate surface area is 129 Å². The lowest BCUT2D eigenvalue weighted by atomic mass is 10.1. The number of carbonyl (C=O) groups excluding carboxylic acids is 1. The Kier molecular flexibility index (Phi) is 5.47. The van der Waals surface area contributed by atoms with E-state index in [0.717, 1.165) is 11.3 Å². The van der Waals surface area contributed by atoms with Crippen LogP contribution in [0.25, 0.3) is 11.3 Å². The molecule has 1 aromatic heterocycles. The summed E-state index contributed by atoms with van der Waals surface area (Å²) in [7, 11) is 0. The van der Waals surface area contributed by atoms with Gasteiger partial charge in [0.15, 0.2) is 5.13 Å². The zero-order valence-corrected chi connectivity index (χ0v) is 13.2. The van der Waals surface area contributed by atoms with Gasteiger partial charge in [0, 0.05) is 16.9 Å². The zero-order valence-electron chi connectivity index (χ0n) is 12.4. The first-order valence-electron chi connectivity index (χ1n) is 7.18. The van der Waals surface area contributed by atoms with Crippen molar-refractivity contribution >= 4 is 22.4 Å². The van der Waals surface area contributed by atoms with E-state index in [-0.39, 0.29) is 5.91 Å². The largest absolute Gasteiger partial charge is 0.330 e. The van der Waals surface area contributed by atoms with Crippen LogP contribution in [0, 0.1) is 0 Å². The van der Waals surface area contributed by atoms with E-state index in [9.17, 15) is 4.79 Å². The highest BCUT2D eigenvalue weighted by atomic mass is 32.1. The molecule has 0 saturated carbocycles. The number of nitrogens with one attached hydrogen (secondary N) is 1. The van der Waals surface area contributed by atoms with Crippen LogP contribution in [-0.2, 0) is 4.79 Å². The fourth-order valence-electron chi connectivity index (χ4n) is 2.02. The Morgan fingerprint density at radius 3 is 2.67 bits per heavy atom. The fraction of sp³-hybridized carbons (Fsp3) is 0.375. The summed E-state index contributed by atoms with van der Waals surface area (Å²) in [5.41, 5.74) is 7.47. The number of hydrogen-bond donors (Lipinski definition) is 2. The van der Waals surface area contributed by atoms with Gasteiger partial charge in [-0.1, -0.05) is 44.2 Å². The third kappa shape index (κ3) is 4.12. The zero-order chi connectivity index (χ0) is 15.2. The van der Waals surface area contributed by atoms with E-state index >= 15 is 0 Å². The van der Waals surface area contributed by atoms with Crippen LogP contribution in [-0.4, -0.2) is 17.4 Å². The smallest absolute Gasteiger partial charge is 0.226 e. The van der Waals surface area contributed by atoms with Gasteiger partial charge in [0.2, 0.25) is 5.91 Å². The molecule has 0 aliphatic heterocycles. The molecule has 112 valence electrons. The van der Waals surface area contributed by atoms with Crippen molar-refractivity contribution in [3.8, 4) is 11.3 Å². The van der Waals surface area contributed by atoms with Crippen LogP contribution in [0.3, 0.4) is 0 Å². The lowest BCUT2D eigenvalue weighted by Gasteiger charge is -2.04. The van der Waals surface area contributed by atoms with Gasteiger partial charge < -0.3 is 11.1 Å². The molecule has 21 heavy (non-hydrogen) atoms. The topological polar surface area (TPSA) is 68.0 Å². The first-order chi connectivity index (χ1) is 10.1. The number of anilines is 1. The Morgan fingerprint density at radius 2 is 2.05 bits per heavy atom. The van der Waals surface area contributed by atoms with Gasteiger partial charge >= 0.3 is 0 Å². The second kappa shape index (κ2) is 7.33. The molecule has 3 N–H and O–H groups in total. The molecular weight excluding hydrogens is 282 g/mol. The molecule has 0 aliphatic rings. The van der Waals surface area contributed by atoms with Crippen molar-refractivity contribution in [2.24, 2.45) is 5.73 Å². The maximum Gasteiger partial charge on any atom is 0.226 e. The van der Waals surface area contributed by atoms with Crippen molar-refractivity contribution in [2.75, 3.05) is 11.9 Å². The predicted molar refractivity (Wildman–Crippen MR) is 88.6 cm³/mol. The highest BCUT2D eigenvalue weighted by molar-refractivity contribution is 7.16. The number of carbonyl (C=O) groups is 1. The summed E-state index contributed by atoms with van der Waals surface area (Å²) in [6.07, 6.45) is 1.13. The van der Waals surface area contributed by atoms with Gasteiger partial charge in [0.1, 0.15) is 0 Å². The third-order valence-corrected chi connectivity index (χ3v) is 4.35. The van der Waals surface area contributed by atoms with E-state index in [1.54, 1.807) is 11.3 Å². The molecule has 1 heterocycles. The SMILES string of the molecule is CC(C)c1sc(NC(=O)CCCN)nc1-c1ccccc1. The molecule has 2 aromatic rings. The molecular formula is C16H21N3OS. The van der Waals surface area contributed by atoms with Crippen LogP contribution in [0.4, 0.5) is 5.13 Å². The average molecular weight is 303 g/mol. The van der Waals surface area contributed by atoms with E-state index in [0.29, 0.717) is 30.4 Å². The average Bonchev–Trinajstić information content (AvgIpc) is 2.90. The van der Waals surface area contributed by atoms with Crippen molar-refractivity contribution in [3.63, 3.8) is 0 Å². The number of amides is 1. The van der Waals surface area contributed by atoms with E-state index < -0.39 is 0 Å². The molecule has 0 spiro atoms. The summed E-state index contributed by atoms with van der Waals surface area (Å²) >= 11 is 1.55. The van der Waals surface area contributed by atoms with Crippen LogP contribution < -0.4 is 11.1 Å². The van der Waals surface area contributed by atoms with Crippen molar-refractivity contribution in [1.29, 1.82) is 0 Å². The molecule has 0 fully saturated rings. The van der Waals surface area contributed by atoms with Crippen LogP contribution in [0.1, 0.15) is 37.5 Å². The minimum atomic E-state index is -0.0240. The molecule has 0 aliphatic carbocycles. The van der Waals surface area contributed by atoms with E-state index in [1.807, 2.05) is 30.3 Å². The summed E-state index contributed by atoms with van der Waals surface area (Å²) in [6, 6.07) is 10.1. The molecule has 2 rings (SSSR count). The number of thiazole rings is 1. The number of nitrogens with two attached hydrogens (primary N) is 1. The van der Waals surface area contributed by atoms with Crippen LogP contribution >= 0.6 is 11.3 Å². The van der Waals surface area contributed by atoms with Crippen LogP contribution in [0.5, 0.6) is 0 Å². The van der Waals surface area contributed by atoms with Crippen LogP contribution in [0.2, 0.25) is 0 Å². The van der Waals surface area contributed by atoms with Gasteiger partial charge in [-0.3, -0.25) is 4.79 Å². The minimum Gasteiger partial charge on any atom is -0.330 e. The molecule has 0 atom stereocenters. The van der Waals surface area contributed by atoms with E-state index in [4.69, 9.17) is 5.73 Å². The first-order valence-corrected chi connectivity index (χ1v) is 7.99. The van der Waals surface area contributed by atoms with Gasteiger partial charge in [-0.05, 0) is 18.9 Å². The van der Waals surface area contributed by atoms with Crippen molar-refractivity contribution in [1.82, 2.24) is 4.98 Å². The second-order valence-electron chi connectivity index (χ2n) is 5.19. The molecule has 0 bridgehead atoms. The maximum absolute atomic E-state index is 11.8. The molecule has 1 amide bonds. The quantitative estimate of drug-likeness (QED) is 0.856. The minimum absolute atomic E-state index is 0.0240. The Bertz CT molecular complexity index is 593. The molecule has 0 unspecified atom stereocenters. The van der Waals surface area contributed by atoms with E-state index in [2.05, 4.69) is 24.1 Å². The third-order valence-electron chi connectivity index (χ3n) is 3.08. The Morgan fingerprint density at radius 1 is 1.33 bits per heavy atom. The Balaban J connectivity index is 2.24. The van der Waals surface area contributed by atoms with E-state index in [1.165, 1.54) is 4.88 Å². The number of aromatic nitrogens is 1. The number of rotatable bonds is 6. The predicted octanol–water partition coefficient (Wildman–Crippen LogP) is 3.61. The van der Waals surface area contributed by atoms with Gasteiger partial charge in [0.25, 0.3) is 0 Å². The van der Waals surface area contributed by atoms with Gasteiger partial charge in [-0.2, -0.15) is 0 Å². The molecule has 1 aromatic carbocycles. The lowest BCUT2D eigenvalue weighted by molar-refractivity contribution is -0.116. The maximum atomic E-state index is 11.8. The highest BCUT2D eigenvalue weighted by Crippen LogP contribution is 2.36. The molecule has 0 saturated heterocycles. The van der Waals surface area contributed by atoms with Crippen molar-refractivity contribution < 1.29 is 4.79 Å². The molecule has 4 nitrogen and oxygen atoms in total. The summed E-state index contributed by atoms with van der Waals surface area (Å²) in [4.78, 5) is 17.6. The van der Waals surface area contributed by atoms with Crippen molar-refractivity contribution in [3.05, 3.63) is 35.2 Å². The molecule has 5 heteroatoms. The summed E-state index contributed by atoms with van der Waals surface area (Å²) in [5.74, 6) is 0.344. The number of benzene rings is 1. The molecule has 0 radical (unpaired) electrons. The number of nitrogens with zero attached hydrogens (tertiary/aromatic N) is 1.